The number of rotatable bonds is 4. The van der Waals surface area contributed by atoms with E-state index >= 15 is 0 Å². The molecule has 0 unspecified atom stereocenters. The molecule has 2 heterocycles. The number of nitro groups is 1. The lowest BCUT2D eigenvalue weighted by Gasteiger charge is -1.97. The molecule has 8 nitrogen and oxygen atoms in total. The van der Waals surface area contributed by atoms with Crippen molar-refractivity contribution in [2.24, 2.45) is 0 Å². The van der Waals surface area contributed by atoms with E-state index in [1.165, 1.54) is 12.1 Å². The monoisotopic (exact) mass is 321 g/mol. The van der Waals surface area contributed by atoms with E-state index in [0.717, 1.165) is 11.0 Å². The molecule has 0 radical (unpaired) electrons. The Kier molecular flexibility index (Phi) is 3.27. The predicted molar refractivity (Wildman–Crippen MR) is 85.2 cm³/mol. The number of hydrogen-bond acceptors (Lipinski definition) is 6. The molecular formula is C16H11N5O3. The average Bonchev–Trinajstić information content (AvgIpc) is 3.23. The first-order valence-corrected chi connectivity index (χ1v) is 7.19. The van der Waals surface area contributed by atoms with Crippen molar-refractivity contribution in [2.45, 2.75) is 6.54 Å². The average molecular weight is 321 g/mol. The largest absolute Gasteiger partial charge is 0.359 e. The van der Waals surface area contributed by atoms with Crippen LogP contribution in [0.3, 0.4) is 0 Å². The summed E-state index contributed by atoms with van der Waals surface area (Å²) in [7, 11) is 0. The van der Waals surface area contributed by atoms with Gasteiger partial charge in [0.15, 0.2) is 5.76 Å². The highest BCUT2D eigenvalue weighted by atomic mass is 16.6. The third-order valence-corrected chi connectivity index (χ3v) is 3.64. The minimum atomic E-state index is -0.438. The first kappa shape index (κ1) is 14.1. The number of para-hydroxylation sites is 1. The van der Waals surface area contributed by atoms with Crippen LogP contribution in [0.4, 0.5) is 5.69 Å². The molecule has 0 aliphatic rings. The highest BCUT2D eigenvalue weighted by molar-refractivity contribution is 5.73. The SMILES string of the molecule is O=[N+]([O-])c1cccc(-c2cc(Cn3nnc4ccccc43)on2)c1. The van der Waals surface area contributed by atoms with Gasteiger partial charge in [-0.15, -0.1) is 5.10 Å². The number of nitrogens with zero attached hydrogens (tertiary/aromatic N) is 5. The van der Waals surface area contributed by atoms with E-state index in [-0.39, 0.29) is 5.69 Å². The van der Waals surface area contributed by atoms with Crippen LogP contribution in [0.2, 0.25) is 0 Å². The molecule has 118 valence electrons. The van der Waals surface area contributed by atoms with E-state index in [1.54, 1.807) is 22.9 Å². The molecule has 0 atom stereocenters. The summed E-state index contributed by atoms with van der Waals surface area (Å²) >= 11 is 0. The third-order valence-electron chi connectivity index (χ3n) is 3.64. The first-order valence-electron chi connectivity index (χ1n) is 7.19. The minimum Gasteiger partial charge on any atom is -0.359 e. The fraction of sp³-hybridized carbons (Fsp3) is 0.0625. The number of hydrogen-bond donors (Lipinski definition) is 0. The number of benzene rings is 2. The number of nitro benzene ring substituents is 1. The zero-order chi connectivity index (χ0) is 16.5. The summed E-state index contributed by atoms with van der Waals surface area (Å²) in [6.45, 7) is 0.377. The van der Waals surface area contributed by atoms with Crippen molar-refractivity contribution in [1.29, 1.82) is 0 Å². The topological polar surface area (TPSA) is 99.9 Å². The standard InChI is InChI=1S/C16H11N5O3/c22-21(23)12-5-3-4-11(8-12)15-9-13(24-18-15)10-20-16-7-2-1-6-14(16)17-19-20/h1-9H,10H2. The van der Waals surface area contributed by atoms with Gasteiger partial charge in [-0.25, -0.2) is 4.68 Å². The lowest BCUT2D eigenvalue weighted by atomic mass is 10.1. The van der Waals surface area contributed by atoms with Gasteiger partial charge in [0, 0.05) is 23.8 Å². The van der Waals surface area contributed by atoms with Crippen LogP contribution in [0.15, 0.2) is 59.1 Å². The molecule has 0 spiro atoms. The summed E-state index contributed by atoms with van der Waals surface area (Å²) in [5.74, 6) is 0.590. The molecule has 0 amide bonds. The van der Waals surface area contributed by atoms with Crippen molar-refractivity contribution in [3.8, 4) is 11.3 Å². The Morgan fingerprint density at radius 3 is 2.88 bits per heavy atom. The fourth-order valence-corrected chi connectivity index (χ4v) is 2.48. The predicted octanol–water partition coefficient (Wildman–Crippen LogP) is 3.04. The quantitative estimate of drug-likeness (QED) is 0.423. The Labute approximate surface area is 135 Å². The Balaban J connectivity index is 1.63. The van der Waals surface area contributed by atoms with Gasteiger partial charge in [-0.3, -0.25) is 10.1 Å². The Hall–Kier alpha value is -3.55. The maximum absolute atomic E-state index is 10.9. The second kappa shape index (κ2) is 5.58. The molecule has 0 bridgehead atoms. The smallest absolute Gasteiger partial charge is 0.270 e. The van der Waals surface area contributed by atoms with Gasteiger partial charge in [0.2, 0.25) is 0 Å². The van der Waals surface area contributed by atoms with Crippen LogP contribution in [0, 0.1) is 10.1 Å². The van der Waals surface area contributed by atoms with Gasteiger partial charge in [0.1, 0.15) is 17.8 Å². The van der Waals surface area contributed by atoms with Crippen molar-refractivity contribution >= 4 is 16.7 Å². The summed E-state index contributed by atoms with van der Waals surface area (Å²) in [5, 5.41) is 23.0. The van der Waals surface area contributed by atoms with Crippen LogP contribution in [-0.2, 0) is 6.54 Å². The van der Waals surface area contributed by atoms with Crippen molar-refractivity contribution in [2.75, 3.05) is 0 Å². The van der Waals surface area contributed by atoms with Gasteiger partial charge in [0.05, 0.1) is 10.4 Å². The van der Waals surface area contributed by atoms with Gasteiger partial charge in [0.25, 0.3) is 5.69 Å². The molecule has 4 aromatic rings. The Morgan fingerprint density at radius 2 is 2.00 bits per heavy atom. The summed E-state index contributed by atoms with van der Waals surface area (Å²) in [6, 6.07) is 15.6. The molecule has 0 aliphatic heterocycles. The van der Waals surface area contributed by atoms with Crippen LogP contribution in [0.5, 0.6) is 0 Å². The van der Waals surface area contributed by atoms with Crippen LogP contribution in [-0.4, -0.2) is 25.1 Å². The van der Waals surface area contributed by atoms with E-state index in [2.05, 4.69) is 15.5 Å². The van der Waals surface area contributed by atoms with Crippen molar-refractivity contribution < 1.29 is 9.45 Å². The Morgan fingerprint density at radius 1 is 1.12 bits per heavy atom. The number of aromatic nitrogens is 4. The number of fused-ring (bicyclic) bond motifs is 1. The maximum Gasteiger partial charge on any atom is 0.270 e. The zero-order valence-electron chi connectivity index (χ0n) is 12.4. The van der Waals surface area contributed by atoms with Crippen LogP contribution >= 0.6 is 0 Å². The highest BCUT2D eigenvalue weighted by Gasteiger charge is 2.12. The van der Waals surface area contributed by atoms with Gasteiger partial charge in [-0.05, 0) is 12.1 Å². The second-order valence-corrected chi connectivity index (χ2v) is 5.22. The van der Waals surface area contributed by atoms with E-state index in [0.29, 0.717) is 23.6 Å². The molecule has 0 aliphatic carbocycles. The van der Waals surface area contributed by atoms with Gasteiger partial charge in [-0.2, -0.15) is 0 Å². The van der Waals surface area contributed by atoms with Crippen molar-refractivity contribution in [3.05, 3.63) is 70.5 Å². The van der Waals surface area contributed by atoms with Crippen LogP contribution in [0.1, 0.15) is 5.76 Å². The van der Waals surface area contributed by atoms with Gasteiger partial charge in [-0.1, -0.05) is 34.6 Å². The maximum atomic E-state index is 10.9. The normalized spacial score (nSPS) is 11.0. The Bertz CT molecular complexity index is 1040. The molecule has 24 heavy (non-hydrogen) atoms. The minimum absolute atomic E-state index is 0.0133. The van der Waals surface area contributed by atoms with Crippen LogP contribution in [0.25, 0.3) is 22.3 Å². The third kappa shape index (κ3) is 2.50. The molecular weight excluding hydrogens is 310 g/mol. The highest BCUT2D eigenvalue weighted by Crippen LogP contribution is 2.24. The lowest BCUT2D eigenvalue weighted by Crippen LogP contribution is -2.00. The summed E-state index contributed by atoms with van der Waals surface area (Å²) in [4.78, 5) is 10.4. The van der Waals surface area contributed by atoms with E-state index < -0.39 is 4.92 Å². The molecule has 0 saturated heterocycles. The lowest BCUT2D eigenvalue weighted by molar-refractivity contribution is -0.384. The number of non-ortho nitro benzene ring substituents is 1. The molecule has 0 N–H and O–H groups in total. The molecule has 2 aromatic carbocycles. The molecule has 0 saturated carbocycles. The molecule has 8 heteroatoms. The zero-order valence-corrected chi connectivity index (χ0v) is 12.4. The van der Waals surface area contributed by atoms with Crippen molar-refractivity contribution in [3.63, 3.8) is 0 Å². The van der Waals surface area contributed by atoms with E-state index in [1.807, 2.05) is 24.3 Å². The fourth-order valence-electron chi connectivity index (χ4n) is 2.48. The van der Waals surface area contributed by atoms with E-state index in [4.69, 9.17) is 4.52 Å². The summed E-state index contributed by atoms with van der Waals surface area (Å²) < 4.78 is 7.05. The molecule has 4 rings (SSSR count). The molecule has 0 fully saturated rings. The van der Waals surface area contributed by atoms with Gasteiger partial charge < -0.3 is 4.52 Å². The summed E-state index contributed by atoms with van der Waals surface area (Å²) in [6.07, 6.45) is 0. The second-order valence-electron chi connectivity index (χ2n) is 5.22. The van der Waals surface area contributed by atoms with Crippen LogP contribution < -0.4 is 0 Å². The van der Waals surface area contributed by atoms with Gasteiger partial charge >= 0.3 is 0 Å². The van der Waals surface area contributed by atoms with E-state index in [9.17, 15) is 10.1 Å². The van der Waals surface area contributed by atoms with Crippen molar-refractivity contribution in [1.82, 2.24) is 20.2 Å². The first-order chi connectivity index (χ1) is 11.7. The summed E-state index contributed by atoms with van der Waals surface area (Å²) in [5.41, 5.74) is 2.88. The molecule has 2 aromatic heterocycles.